The molecule has 1 heteroatoms. The van der Waals surface area contributed by atoms with Gasteiger partial charge in [0.15, 0.2) is 0 Å². The molecule has 3 unspecified atom stereocenters. The van der Waals surface area contributed by atoms with Gasteiger partial charge in [0.25, 0.3) is 0 Å². The van der Waals surface area contributed by atoms with Crippen LogP contribution in [0.15, 0.2) is 30.3 Å². The molecule has 0 aliphatic rings. The Kier molecular flexibility index (Phi) is 9.41. The van der Waals surface area contributed by atoms with Crippen LogP contribution in [0.5, 0.6) is 0 Å². The highest BCUT2D eigenvalue weighted by molar-refractivity contribution is 5.22. The molecule has 0 aliphatic carbocycles. The Morgan fingerprint density at radius 2 is 1.62 bits per heavy atom. The maximum absolute atomic E-state index is 3.61. The van der Waals surface area contributed by atoms with Crippen LogP contribution in [0.1, 0.15) is 77.2 Å². The van der Waals surface area contributed by atoms with Crippen LogP contribution in [-0.2, 0) is 0 Å². The van der Waals surface area contributed by atoms with Crippen molar-refractivity contribution >= 4 is 0 Å². The summed E-state index contributed by atoms with van der Waals surface area (Å²) in [5, 5.41) is 3.61. The van der Waals surface area contributed by atoms with Crippen LogP contribution < -0.4 is 5.32 Å². The topological polar surface area (TPSA) is 12.0 Å². The summed E-state index contributed by atoms with van der Waals surface area (Å²) in [7, 11) is 2.13. The zero-order valence-electron chi connectivity index (χ0n) is 14.6. The van der Waals surface area contributed by atoms with Crippen LogP contribution in [0.3, 0.4) is 0 Å². The Hall–Kier alpha value is -0.820. The highest BCUT2D eigenvalue weighted by Crippen LogP contribution is 2.32. The normalized spacial score (nSPS) is 15.6. The standard InChI is InChI=1S/C20H35N/c1-5-7-8-9-13-16-19(21-4)20(17(3)6-2)18-14-11-10-12-15-18/h10-12,14-15,17,19-21H,5-9,13,16H2,1-4H3. The number of unbranched alkanes of at least 4 members (excludes halogenated alkanes) is 4. The van der Waals surface area contributed by atoms with Gasteiger partial charge in [-0.3, -0.25) is 0 Å². The van der Waals surface area contributed by atoms with E-state index in [0.29, 0.717) is 12.0 Å². The van der Waals surface area contributed by atoms with Crippen molar-refractivity contribution in [2.24, 2.45) is 5.92 Å². The van der Waals surface area contributed by atoms with E-state index in [0.717, 1.165) is 5.92 Å². The van der Waals surface area contributed by atoms with Crippen molar-refractivity contribution in [1.29, 1.82) is 0 Å². The average Bonchev–Trinajstić information content (AvgIpc) is 2.54. The third-order valence-corrected chi connectivity index (χ3v) is 4.86. The second-order valence-corrected chi connectivity index (χ2v) is 6.42. The zero-order chi connectivity index (χ0) is 15.5. The van der Waals surface area contributed by atoms with Crippen molar-refractivity contribution in [3.8, 4) is 0 Å². The number of benzene rings is 1. The average molecular weight is 290 g/mol. The first kappa shape index (κ1) is 18.2. The quantitative estimate of drug-likeness (QED) is 0.510. The Morgan fingerprint density at radius 1 is 0.952 bits per heavy atom. The summed E-state index contributed by atoms with van der Waals surface area (Å²) in [6.07, 6.45) is 9.38. The van der Waals surface area contributed by atoms with E-state index < -0.39 is 0 Å². The van der Waals surface area contributed by atoms with Gasteiger partial charge in [-0.15, -0.1) is 0 Å². The third-order valence-electron chi connectivity index (χ3n) is 4.86. The summed E-state index contributed by atoms with van der Waals surface area (Å²) in [6, 6.07) is 11.7. The Bertz CT molecular complexity index is 346. The Labute approximate surface area is 132 Å². The summed E-state index contributed by atoms with van der Waals surface area (Å²) in [4.78, 5) is 0. The van der Waals surface area contributed by atoms with Crippen LogP contribution in [-0.4, -0.2) is 13.1 Å². The molecule has 0 radical (unpaired) electrons. The Balaban J connectivity index is 2.66. The van der Waals surface area contributed by atoms with Crippen molar-refractivity contribution in [3.63, 3.8) is 0 Å². The summed E-state index contributed by atoms with van der Waals surface area (Å²) >= 11 is 0. The molecule has 0 saturated carbocycles. The van der Waals surface area contributed by atoms with Gasteiger partial charge in [-0.2, -0.15) is 0 Å². The van der Waals surface area contributed by atoms with E-state index in [1.54, 1.807) is 0 Å². The second-order valence-electron chi connectivity index (χ2n) is 6.42. The van der Waals surface area contributed by atoms with E-state index in [2.05, 4.69) is 63.5 Å². The lowest BCUT2D eigenvalue weighted by Crippen LogP contribution is -2.35. The van der Waals surface area contributed by atoms with E-state index in [9.17, 15) is 0 Å². The van der Waals surface area contributed by atoms with Gasteiger partial charge in [0.1, 0.15) is 0 Å². The van der Waals surface area contributed by atoms with Gasteiger partial charge in [0.2, 0.25) is 0 Å². The molecule has 0 saturated heterocycles. The first-order valence-electron chi connectivity index (χ1n) is 8.96. The molecule has 0 aromatic heterocycles. The Morgan fingerprint density at radius 3 is 2.19 bits per heavy atom. The molecule has 1 aromatic carbocycles. The van der Waals surface area contributed by atoms with Gasteiger partial charge in [-0.25, -0.2) is 0 Å². The van der Waals surface area contributed by atoms with Crippen LogP contribution in [0.2, 0.25) is 0 Å². The summed E-state index contributed by atoms with van der Waals surface area (Å²) < 4.78 is 0. The van der Waals surface area contributed by atoms with Gasteiger partial charge >= 0.3 is 0 Å². The maximum atomic E-state index is 3.61. The molecule has 120 valence electrons. The fraction of sp³-hybridized carbons (Fsp3) is 0.700. The first-order valence-corrected chi connectivity index (χ1v) is 8.96. The highest BCUT2D eigenvalue weighted by Gasteiger charge is 2.25. The van der Waals surface area contributed by atoms with Crippen molar-refractivity contribution in [1.82, 2.24) is 5.32 Å². The van der Waals surface area contributed by atoms with E-state index in [-0.39, 0.29) is 0 Å². The molecule has 0 fully saturated rings. The monoisotopic (exact) mass is 289 g/mol. The second kappa shape index (κ2) is 10.8. The summed E-state index contributed by atoms with van der Waals surface area (Å²) in [5.74, 6) is 1.35. The minimum absolute atomic E-state index is 0.601. The number of hydrogen-bond acceptors (Lipinski definition) is 1. The lowest BCUT2D eigenvalue weighted by Gasteiger charge is -2.32. The van der Waals surface area contributed by atoms with Crippen molar-refractivity contribution in [2.45, 2.75) is 77.7 Å². The predicted molar refractivity (Wildman–Crippen MR) is 94.9 cm³/mol. The largest absolute Gasteiger partial charge is 0.316 e. The number of hydrogen-bond donors (Lipinski definition) is 1. The molecule has 21 heavy (non-hydrogen) atoms. The molecule has 0 spiro atoms. The van der Waals surface area contributed by atoms with E-state index >= 15 is 0 Å². The zero-order valence-corrected chi connectivity index (χ0v) is 14.6. The number of likely N-dealkylation sites (N-methyl/N-ethyl adjacent to an activating group) is 1. The SMILES string of the molecule is CCCCCCCC(NC)C(c1ccccc1)C(C)CC. The van der Waals surface area contributed by atoms with Gasteiger partial charge in [0.05, 0.1) is 0 Å². The third kappa shape index (κ3) is 6.22. The molecule has 1 rings (SSSR count). The summed E-state index contributed by atoms with van der Waals surface area (Å²) in [5.41, 5.74) is 1.50. The van der Waals surface area contributed by atoms with Crippen LogP contribution >= 0.6 is 0 Å². The molecule has 1 aromatic rings. The predicted octanol–water partition coefficient (Wildman–Crippen LogP) is 5.76. The maximum Gasteiger partial charge on any atom is 0.0135 e. The minimum Gasteiger partial charge on any atom is -0.316 e. The van der Waals surface area contributed by atoms with Crippen LogP contribution in [0.4, 0.5) is 0 Å². The number of rotatable bonds is 11. The van der Waals surface area contributed by atoms with Gasteiger partial charge in [-0.05, 0) is 24.9 Å². The molecule has 0 aliphatic heterocycles. The lowest BCUT2D eigenvalue weighted by atomic mass is 9.78. The van der Waals surface area contributed by atoms with Crippen LogP contribution in [0, 0.1) is 5.92 Å². The fourth-order valence-corrected chi connectivity index (χ4v) is 3.36. The van der Waals surface area contributed by atoms with Crippen molar-refractivity contribution in [2.75, 3.05) is 7.05 Å². The molecular weight excluding hydrogens is 254 g/mol. The fourth-order valence-electron chi connectivity index (χ4n) is 3.36. The molecule has 0 bridgehead atoms. The highest BCUT2D eigenvalue weighted by atomic mass is 14.9. The molecule has 1 nitrogen and oxygen atoms in total. The molecule has 1 N–H and O–H groups in total. The van der Waals surface area contributed by atoms with Crippen molar-refractivity contribution in [3.05, 3.63) is 35.9 Å². The number of nitrogens with one attached hydrogen (secondary N) is 1. The molecule has 0 heterocycles. The molecule has 0 amide bonds. The van der Waals surface area contributed by atoms with E-state index in [1.165, 1.54) is 50.5 Å². The van der Waals surface area contributed by atoms with Crippen molar-refractivity contribution < 1.29 is 0 Å². The van der Waals surface area contributed by atoms with Gasteiger partial charge in [0, 0.05) is 12.0 Å². The smallest absolute Gasteiger partial charge is 0.0135 e. The van der Waals surface area contributed by atoms with E-state index in [4.69, 9.17) is 0 Å². The van der Waals surface area contributed by atoms with Gasteiger partial charge < -0.3 is 5.32 Å². The van der Waals surface area contributed by atoms with Gasteiger partial charge in [-0.1, -0.05) is 89.6 Å². The van der Waals surface area contributed by atoms with E-state index in [1.807, 2.05) is 0 Å². The lowest BCUT2D eigenvalue weighted by molar-refractivity contribution is 0.326. The minimum atomic E-state index is 0.601. The van der Waals surface area contributed by atoms with Crippen LogP contribution in [0.25, 0.3) is 0 Å². The first-order chi connectivity index (χ1) is 10.2. The molecular formula is C20H35N. The summed E-state index contributed by atoms with van der Waals surface area (Å²) in [6.45, 7) is 7.00. The molecule has 3 atom stereocenters.